The Morgan fingerprint density at radius 2 is 2.00 bits per heavy atom. The summed E-state index contributed by atoms with van der Waals surface area (Å²) < 4.78 is 16.2. The van der Waals surface area contributed by atoms with E-state index in [1.165, 1.54) is 13.8 Å². The molecule has 0 aromatic rings. The average molecular weight is 350 g/mol. The van der Waals surface area contributed by atoms with E-state index in [1.807, 2.05) is 13.0 Å². The van der Waals surface area contributed by atoms with Crippen LogP contribution < -0.4 is 0 Å². The second-order valence-corrected chi connectivity index (χ2v) is 6.81. The van der Waals surface area contributed by atoms with Gasteiger partial charge < -0.3 is 14.2 Å². The van der Waals surface area contributed by atoms with Crippen molar-refractivity contribution in [3.05, 3.63) is 23.3 Å². The van der Waals surface area contributed by atoms with Gasteiger partial charge in [0.25, 0.3) is 0 Å². The van der Waals surface area contributed by atoms with Crippen molar-refractivity contribution < 1.29 is 28.6 Å². The lowest BCUT2D eigenvalue weighted by molar-refractivity contribution is -0.150. The summed E-state index contributed by atoms with van der Waals surface area (Å²) in [5, 5.41) is 0. The van der Waals surface area contributed by atoms with E-state index in [0.717, 1.165) is 24.0 Å². The van der Waals surface area contributed by atoms with Gasteiger partial charge in [0.05, 0.1) is 11.8 Å². The van der Waals surface area contributed by atoms with Crippen LogP contribution >= 0.6 is 0 Å². The van der Waals surface area contributed by atoms with Gasteiger partial charge in [0.1, 0.15) is 18.8 Å². The van der Waals surface area contributed by atoms with Crippen LogP contribution in [0.1, 0.15) is 47.0 Å². The van der Waals surface area contributed by atoms with Crippen molar-refractivity contribution in [1.82, 2.24) is 0 Å². The van der Waals surface area contributed by atoms with E-state index < -0.39 is 12.2 Å². The average Bonchev–Trinajstić information content (AvgIpc) is 2.77. The topological polar surface area (TPSA) is 78.9 Å². The minimum Gasteiger partial charge on any atom is -0.462 e. The van der Waals surface area contributed by atoms with Crippen LogP contribution in [0.4, 0.5) is 0 Å². The molecule has 1 saturated heterocycles. The maximum absolute atomic E-state index is 12.1. The third-order valence-electron chi connectivity index (χ3n) is 4.67. The Bertz CT molecular complexity index is 603. The van der Waals surface area contributed by atoms with Crippen molar-refractivity contribution >= 4 is 17.9 Å². The van der Waals surface area contributed by atoms with E-state index in [0.29, 0.717) is 6.42 Å². The second kappa shape index (κ2) is 8.32. The zero-order valence-corrected chi connectivity index (χ0v) is 15.2. The van der Waals surface area contributed by atoms with Crippen molar-refractivity contribution in [2.24, 2.45) is 11.8 Å². The predicted octanol–water partition coefficient (Wildman–Crippen LogP) is 2.72. The first-order valence-electron chi connectivity index (χ1n) is 8.64. The van der Waals surface area contributed by atoms with Gasteiger partial charge in [-0.25, -0.2) is 0 Å². The van der Waals surface area contributed by atoms with Gasteiger partial charge >= 0.3 is 17.9 Å². The van der Waals surface area contributed by atoms with Crippen LogP contribution in [0.15, 0.2) is 23.3 Å². The third-order valence-corrected chi connectivity index (χ3v) is 4.67. The highest BCUT2D eigenvalue weighted by molar-refractivity contribution is 5.75. The van der Waals surface area contributed by atoms with Crippen LogP contribution in [-0.2, 0) is 28.6 Å². The summed E-state index contributed by atoms with van der Waals surface area (Å²) in [6, 6.07) is 0. The van der Waals surface area contributed by atoms with Crippen LogP contribution in [0.5, 0.6) is 0 Å². The van der Waals surface area contributed by atoms with Crippen LogP contribution in [0, 0.1) is 11.8 Å². The number of allylic oxidation sites excluding steroid dienone is 1. The van der Waals surface area contributed by atoms with Crippen molar-refractivity contribution in [1.29, 1.82) is 0 Å². The molecular weight excluding hydrogens is 324 g/mol. The number of ether oxygens (including phenoxy) is 3. The monoisotopic (exact) mass is 350 g/mol. The first-order valence-corrected chi connectivity index (χ1v) is 8.64. The quantitative estimate of drug-likeness (QED) is 0.442. The van der Waals surface area contributed by atoms with Gasteiger partial charge in [0.15, 0.2) is 0 Å². The highest BCUT2D eigenvalue weighted by Gasteiger charge is 2.46. The summed E-state index contributed by atoms with van der Waals surface area (Å²) in [5.41, 5.74) is 2.00. The Morgan fingerprint density at radius 1 is 1.28 bits per heavy atom. The lowest BCUT2D eigenvalue weighted by Gasteiger charge is -2.28. The molecule has 0 aromatic heterocycles. The highest BCUT2D eigenvalue weighted by Crippen LogP contribution is 2.37. The molecule has 6 heteroatoms. The van der Waals surface area contributed by atoms with Crippen molar-refractivity contribution in [2.45, 2.75) is 59.2 Å². The van der Waals surface area contributed by atoms with E-state index in [-0.39, 0.29) is 36.4 Å². The smallest absolute Gasteiger partial charge is 0.309 e. The fourth-order valence-electron chi connectivity index (χ4n) is 3.44. The molecule has 1 aliphatic heterocycles. The zero-order valence-electron chi connectivity index (χ0n) is 15.2. The summed E-state index contributed by atoms with van der Waals surface area (Å²) in [7, 11) is 0. The van der Waals surface area contributed by atoms with Gasteiger partial charge in [0.2, 0.25) is 0 Å². The molecule has 0 bridgehead atoms. The second-order valence-electron chi connectivity index (χ2n) is 6.81. The van der Waals surface area contributed by atoms with Crippen LogP contribution in [0.25, 0.3) is 0 Å². The van der Waals surface area contributed by atoms with Crippen molar-refractivity contribution in [3.63, 3.8) is 0 Å². The van der Waals surface area contributed by atoms with Crippen molar-refractivity contribution in [2.75, 3.05) is 6.61 Å². The lowest BCUT2D eigenvalue weighted by atomic mass is 9.82. The lowest BCUT2D eigenvalue weighted by Crippen LogP contribution is -2.35. The predicted molar refractivity (Wildman–Crippen MR) is 90.4 cm³/mol. The molecule has 1 heterocycles. The van der Waals surface area contributed by atoms with Crippen LogP contribution in [0.2, 0.25) is 0 Å². The Labute approximate surface area is 148 Å². The maximum atomic E-state index is 12.1. The molecule has 2 aliphatic rings. The Balaban J connectivity index is 2.34. The number of carbonyl (C=O) groups is 3. The minimum atomic E-state index is -0.483. The third kappa shape index (κ3) is 5.18. The van der Waals surface area contributed by atoms with Gasteiger partial charge in [-0.05, 0) is 31.4 Å². The summed E-state index contributed by atoms with van der Waals surface area (Å²) in [6.45, 7) is 6.70. The number of fused-ring (bicyclic) bond motifs is 1. The zero-order chi connectivity index (χ0) is 18.6. The summed E-state index contributed by atoms with van der Waals surface area (Å²) >= 11 is 0. The Kier molecular flexibility index (Phi) is 6.39. The molecule has 25 heavy (non-hydrogen) atoms. The van der Waals surface area contributed by atoms with Gasteiger partial charge in [0, 0.05) is 20.3 Å². The molecule has 0 saturated carbocycles. The molecular formula is C19H26O6. The Morgan fingerprint density at radius 3 is 2.64 bits per heavy atom. The summed E-state index contributed by atoms with van der Waals surface area (Å²) in [4.78, 5) is 34.8. The first kappa shape index (κ1) is 19.2. The maximum Gasteiger partial charge on any atom is 0.309 e. The summed E-state index contributed by atoms with van der Waals surface area (Å²) in [6.07, 6.45) is 5.13. The molecule has 0 unspecified atom stereocenters. The molecule has 0 radical (unpaired) electrons. The van der Waals surface area contributed by atoms with Crippen molar-refractivity contribution in [3.8, 4) is 0 Å². The number of rotatable bonds is 3. The largest absolute Gasteiger partial charge is 0.462 e. The molecule has 0 spiro atoms. The van der Waals surface area contributed by atoms with E-state index in [9.17, 15) is 14.4 Å². The minimum absolute atomic E-state index is 0.176. The number of hydrogen-bond donors (Lipinski definition) is 0. The molecule has 0 amide bonds. The van der Waals surface area contributed by atoms with Crippen LogP contribution in [0.3, 0.4) is 0 Å². The Hall–Kier alpha value is -2.11. The number of esters is 3. The van der Waals surface area contributed by atoms with Gasteiger partial charge in [-0.1, -0.05) is 18.6 Å². The van der Waals surface area contributed by atoms with E-state index >= 15 is 0 Å². The van der Waals surface area contributed by atoms with Gasteiger partial charge in [-0.2, -0.15) is 0 Å². The fraction of sp³-hybridized carbons (Fsp3) is 0.632. The molecule has 6 nitrogen and oxygen atoms in total. The molecule has 1 fully saturated rings. The molecule has 4 atom stereocenters. The van der Waals surface area contributed by atoms with E-state index in [2.05, 4.69) is 6.08 Å². The standard InChI is InChI=1S/C19H26O6/c1-11-6-5-7-15(10-23-13(3)20)9-17-18(12(2)19(22)25-17)16(8-11)24-14(4)21/h6,9,12,16-18H,5,7-8,10H2,1-4H3/b11-6-,15-9+/t12-,16-,17+,18+/m0/s1. The molecule has 0 aromatic carbocycles. The van der Waals surface area contributed by atoms with Gasteiger partial charge in [-0.3, -0.25) is 14.4 Å². The van der Waals surface area contributed by atoms with E-state index in [1.54, 1.807) is 6.92 Å². The molecule has 1 aliphatic carbocycles. The van der Waals surface area contributed by atoms with Crippen LogP contribution in [-0.4, -0.2) is 36.7 Å². The SMILES string of the molecule is CC(=O)OC/C1=C/[C@H]2OC(=O)[C@@H](C)[C@@H]2[C@@H](OC(C)=O)C/C(C)=C\CC1. The fourth-order valence-corrected chi connectivity index (χ4v) is 3.44. The molecule has 0 N–H and O–H groups in total. The number of carbonyl (C=O) groups excluding carboxylic acids is 3. The molecule has 138 valence electrons. The van der Waals surface area contributed by atoms with Gasteiger partial charge in [-0.15, -0.1) is 0 Å². The first-order chi connectivity index (χ1) is 11.8. The summed E-state index contributed by atoms with van der Waals surface area (Å²) in [5.74, 6) is -1.64. The molecule has 2 rings (SSSR count). The van der Waals surface area contributed by atoms with E-state index in [4.69, 9.17) is 14.2 Å². The highest BCUT2D eigenvalue weighted by atomic mass is 16.6. The normalized spacial score (nSPS) is 33.8. The number of hydrogen-bond acceptors (Lipinski definition) is 6.